The maximum absolute atomic E-state index is 11.8. The van der Waals surface area contributed by atoms with Gasteiger partial charge in [0.25, 0.3) is 0 Å². The molecule has 1 amide bonds. The number of rotatable bonds is 5. The number of aryl methyl sites for hydroxylation is 1. The van der Waals surface area contributed by atoms with Gasteiger partial charge < -0.3 is 5.32 Å². The molecule has 0 bridgehead atoms. The molecule has 0 fully saturated rings. The van der Waals surface area contributed by atoms with Gasteiger partial charge in [0.05, 0.1) is 11.9 Å². The van der Waals surface area contributed by atoms with Crippen molar-refractivity contribution in [2.24, 2.45) is 0 Å². The van der Waals surface area contributed by atoms with Crippen molar-refractivity contribution in [3.63, 3.8) is 0 Å². The molecule has 0 unspecified atom stereocenters. The summed E-state index contributed by atoms with van der Waals surface area (Å²) in [6, 6.07) is 3.76. The molecule has 0 aliphatic heterocycles. The molecule has 0 radical (unpaired) electrons. The zero-order valence-electron chi connectivity index (χ0n) is 10.0. The van der Waals surface area contributed by atoms with E-state index in [-0.39, 0.29) is 5.91 Å². The van der Waals surface area contributed by atoms with Crippen LogP contribution < -0.4 is 5.32 Å². The van der Waals surface area contributed by atoms with Gasteiger partial charge in [0.1, 0.15) is 5.82 Å². The summed E-state index contributed by atoms with van der Waals surface area (Å²) in [6.07, 6.45) is 5.99. The summed E-state index contributed by atoms with van der Waals surface area (Å²) < 4.78 is 0. The monoisotopic (exact) mass is 262 g/mol. The molecule has 2 aromatic rings. The first-order valence-electron chi connectivity index (χ1n) is 5.64. The van der Waals surface area contributed by atoms with Crippen LogP contribution in [-0.2, 0) is 11.2 Å². The molecule has 2 aromatic heterocycles. The summed E-state index contributed by atoms with van der Waals surface area (Å²) in [5.74, 6) is 1.01. The molecule has 6 heteroatoms. The largest absolute Gasteiger partial charge is 0.310 e. The van der Waals surface area contributed by atoms with E-state index in [9.17, 15) is 4.79 Å². The van der Waals surface area contributed by atoms with Crippen molar-refractivity contribution >= 4 is 23.5 Å². The van der Waals surface area contributed by atoms with Gasteiger partial charge in [-0.25, -0.2) is 0 Å². The molecule has 0 aromatic carbocycles. The van der Waals surface area contributed by atoms with Gasteiger partial charge in [-0.2, -0.15) is 5.10 Å². The second kappa shape index (κ2) is 6.20. The van der Waals surface area contributed by atoms with Gasteiger partial charge in [-0.3, -0.25) is 14.9 Å². The van der Waals surface area contributed by atoms with E-state index >= 15 is 0 Å². The van der Waals surface area contributed by atoms with Crippen LogP contribution in [0.15, 0.2) is 35.6 Å². The van der Waals surface area contributed by atoms with Crippen LogP contribution in [0.2, 0.25) is 0 Å². The van der Waals surface area contributed by atoms with Crippen molar-refractivity contribution in [1.82, 2.24) is 15.2 Å². The number of anilines is 1. The van der Waals surface area contributed by atoms with Crippen LogP contribution in [0.5, 0.6) is 0 Å². The van der Waals surface area contributed by atoms with Crippen LogP contribution in [0.1, 0.15) is 12.5 Å². The van der Waals surface area contributed by atoms with E-state index in [4.69, 9.17) is 0 Å². The van der Waals surface area contributed by atoms with E-state index in [1.807, 2.05) is 19.1 Å². The highest BCUT2D eigenvalue weighted by atomic mass is 32.2. The third-order valence-electron chi connectivity index (χ3n) is 2.38. The standard InChI is InChI=1S/C12H14N4OS/c1-2-9-7-14-16-12(9)15-11(17)8-18-10-3-5-13-6-4-10/h3-7H,2,8H2,1H3,(H2,14,15,16,17). The zero-order valence-corrected chi connectivity index (χ0v) is 10.8. The average molecular weight is 262 g/mol. The Balaban J connectivity index is 1.86. The third kappa shape index (κ3) is 3.33. The maximum atomic E-state index is 11.8. The van der Waals surface area contributed by atoms with E-state index in [1.165, 1.54) is 11.8 Å². The lowest BCUT2D eigenvalue weighted by Gasteiger charge is -2.04. The highest BCUT2D eigenvalue weighted by Crippen LogP contribution is 2.17. The van der Waals surface area contributed by atoms with Gasteiger partial charge in [0, 0.05) is 22.9 Å². The molecule has 2 heterocycles. The first-order valence-corrected chi connectivity index (χ1v) is 6.63. The number of H-pyrrole nitrogens is 1. The topological polar surface area (TPSA) is 70.7 Å². The minimum atomic E-state index is -0.0456. The number of nitrogens with zero attached hydrogens (tertiary/aromatic N) is 2. The normalized spacial score (nSPS) is 10.3. The molecule has 0 saturated carbocycles. The summed E-state index contributed by atoms with van der Waals surface area (Å²) in [5, 5.41) is 9.51. The molecule has 5 nitrogen and oxygen atoms in total. The fourth-order valence-electron chi connectivity index (χ4n) is 1.45. The van der Waals surface area contributed by atoms with E-state index in [2.05, 4.69) is 20.5 Å². The quantitative estimate of drug-likeness (QED) is 0.809. The van der Waals surface area contributed by atoms with Crippen molar-refractivity contribution in [2.45, 2.75) is 18.2 Å². The molecule has 0 saturated heterocycles. The molecule has 18 heavy (non-hydrogen) atoms. The van der Waals surface area contributed by atoms with Crippen molar-refractivity contribution in [2.75, 3.05) is 11.1 Å². The van der Waals surface area contributed by atoms with E-state index in [0.29, 0.717) is 11.6 Å². The van der Waals surface area contributed by atoms with Gasteiger partial charge in [-0.1, -0.05) is 6.92 Å². The lowest BCUT2D eigenvalue weighted by atomic mass is 10.2. The summed E-state index contributed by atoms with van der Waals surface area (Å²) in [4.78, 5) is 16.7. The molecular formula is C12H14N4OS. The van der Waals surface area contributed by atoms with E-state index in [0.717, 1.165) is 16.9 Å². The van der Waals surface area contributed by atoms with Gasteiger partial charge in [-0.15, -0.1) is 11.8 Å². The molecule has 2 rings (SSSR count). The van der Waals surface area contributed by atoms with Gasteiger partial charge in [-0.05, 0) is 18.6 Å². The van der Waals surface area contributed by atoms with E-state index < -0.39 is 0 Å². The van der Waals surface area contributed by atoms with Crippen LogP contribution in [0.4, 0.5) is 5.82 Å². The van der Waals surface area contributed by atoms with Crippen molar-refractivity contribution in [3.05, 3.63) is 36.3 Å². The Kier molecular flexibility index (Phi) is 4.35. The second-order valence-electron chi connectivity index (χ2n) is 3.64. The lowest BCUT2D eigenvalue weighted by molar-refractivity contribution is -0.113. The maximum Gasteiger partial charge on any atom is 0.235 e. The zero-order chi connectivity index (χ0) is 12.8. The first-order chi connectivity index (χ1) is 8.79. The first kappa shape index (κ1) is 12.6. The second-order valence-corrected chi connectivity index (χ2v) is 4.69. The number of pyridine rings is 1. The van der Waals surface area contributed by atoms with Crippen molar-refractivity contribution in [1.29, 1.82) is 0 Å². The predicted molar refractivity (Wildman–Crippen MR) is 71.6 cm³/mol. The molecule has 2 N–H and O–H groups in total. The van der Waals surface area contributed by atoms with Crippen LogP contribution in [-0.4, -0.2) is 26.8 Å². The average Bonchev–Trinajstić information content (AvgIpc) is 2.85. The minimum absolute atomic E-state index is 0.0456. The smallest absolute Gasteiger partial charge is 0.235 e. The number of aromatic amines is 1. The molecule has 0 spiro atoms. The van der Waals surface area contributed by atoms with Crippen molar-refractivity contribution < 1.29 is 4.79 Å². The summed E-state index contributed by atoms with van der Waals surface area (Å²) in [6.45, 7) is 2.02. The number of hydrogen-bond donors (Lipinski definition) is 2. The Morgan fingerprint density at radius 2 is 2.22 bits per heavy atom. The number of carbonyl (C=O) groups excluding carboxylic acids is 1. The Hall–Kier alpha value is -1.82. The highest BCUT2D eigenvalue weighted by Gasteiger charge is 2.08. The third-order valence-corrected chi connectivity index (χ3v) is 3.39. The Morgan fingerprint density at radius 1 is 1.44 bits per heavy atom. The highest BCUT2D eigenvalue weighted by molar-refractivity contribution is 8.00. The van der Waals surface area contributed by atoms with Gasteiger partial charge >= 0.3 is 0 Å². The summed E-state index contributed by atoms with van der Waals surface area (Å²) >= 11 is 1.48. The number of aromatic nitrogens is 3. The van der Waals surface area contributed by atoms with Gasteiger partial charge in [0.15, 0.2) is 0 Å². The molecule has 0 aliphatic rings. The van der Waals surface area contributed by atoms with Crippen molar-refractivity contribution in [3.8, 4) is 0 Å². The number of hydrogen-bond acceptors (Lipinski definition) is 4. The summed E-state index contributed by atoms with van der Waals surface area (Å²) in [7, 11) is 0. The Labute approximate surface area is 109 Å². The molecule has 0 atom stereocenters. The number of nitrogens with one attached hydrogen (secondary N) is 2. The Morgan fingerprint density at radius 3 is 2.94 bits per heavy atom. The SMILES string of the molecule is CCc1cn[nH]c1NC(=O)CSc1ccncc1. The minimum Gasteiger partial charge on any atom is -0.310 e. The fourth-order valence-corrected chi connectivity index (χ4v) is 2.13. The van der Waals surface area contributed by atoms with Crippen LogP contribution in [0, 0.1) is 0 Å². The number of amides is 1. The molecule has 94 valence electrons. The van der Waals surface area contributed by atoms with Crippen LogP contribution in [0.25, 0.3) is 0 Å². The van der Waals surface area contributed by atoms with Crippen LogP contribution >= 0.6 is 11.8 Å². The van der Waals surface area contributed by atoms with E-state index in [1.54, 1.807) is 18.6 Å². The molecular weight excluding hydrogens is 248 g/mol. The summed E-state index contributed by atoms with van der Waals surface area (Å²) in [5.41, 5.74) is 1.01. The number of carbonyl (C=O) groups is 1. The Bertz CT molecular complexity index is 512. The predicted octanol–water partition coefficient (Wildman–Crippen LogP) is 2.10. The fraction of sp³-hybridized carbons (Fsp3) is 0.250. The lowest BCUT2D eigenvalue weighted by Crippen LogP contribution is -2.15. The molecule has 0 aliphatic carbocycles. The number of thioether (sulfide) groups is 1. The van der Waals surface area contributed by atoms with Crippen LogP contribution in [0.3, 0.4) is 0 Å². The van der Waals surface area contributed by atoms with Gasteiger partial charge in [0.2, 0.25) is 5.91 Å².